The number of aryl methyl sites for hydroxylation is 2. The highest BCUT2D eigenvalue weighted by atomic mass is 32.2. The summed E-state index contributed by atoms with van der Waals surface area (Å²) in [7, 11) is -3.73. The normalized spacial score (nSPS) is 12.5. The summed E-state index contributed by atoms with van der Waals surface area (Å²) in [4.78, 5) is 12.5. The molecule has 0 saturated heterocycles. The average molecular weight is 364 g/mol. The fourth-order valence-electron chi connectivity index (χ4n) is 2.54. The molecule has 0 heterocycles. The third-order valence-corrected chi connectivity index (χ3v) is 5.05. The zero-order valence-corrected chi connectivity index (χ0v) is 15.4. The van der Waals surface area contributed by atoms with Gasteiger partial charge in [-0.3, -0.25) is 9.10 Å². The molecule has 0 unspecified atom stereocenters. The Labute approximate surface area is 147 Å². The van der Waals surface area contributed by atoms with Crippen molar-refractivity contribution in [3.63, 3.8) is 0 Å². The molecule has 0 bridgehead atoms. The number of benzene rings is 2. The van der Waals surface area contributed by atoms with Gasteiger partial charge in [0.2, 0.25) is 15.9 Å². The average Bonchev–Trinajstić information content (AvgIpc) is 2.51. The van der Waals surface area contributed by atoms with Crippen LogP contribution in [0.4, 0.5) is 15.8 Å². The molecule has 0 fully saturated rings. The standard InChI is InChI=1S/C18H21FN2O3S/c1-12-9-10-13(2)17(11-12)21(25(4,23)24)14(3)18(22)20-16-8-6-5-7-15(16)19/h5-11,14H,1-4H3,(H,20,22)/t14-/m1/s1. The maximum atomic E-state index is 13.7. The summed E-state index contributed by atoms with van der Waals surface area (Å²) in [6.07, 6.45) is 1.04. The number of halogens is 1. The third kappa shape index (κ3) is 4.36. The van der Waals surface area contributed by atoms with E-state index in [4.69, 9.17) is 0 Å². The number of sulfonamides is 1. The van der Waals surface area contributed by atoms with E-state index in [1.165, 1.54) is 25.1 Å². The van der Waals surface area contributed by atoms with Gasteiger partial charge >= 0.3 is 0 Å². The smallest absolute Gasteiger partial charge is 0.248 e. The van der Waals surface area contributed by atoms with E-state index in [-0.39, 0.29) is 5.69 Å². The van der Waals surface area contributed by atoms with Gasteiger partial charge in [0.05, 0.1) is 17.6 Å². The van der Waals surface area contributed by atoms with Gasteiger partial charge in [-0.15, -0.1) is 0 Å². The highest BCUT2D eigenvalue weighted by Crippen LogP contribution is 2.27. The Morgan fingerprint density at radius 2 is 1.80 bits per heavy atom. The number of amides is 1. The Balaban J connectivity index is 2.40. The maximum absolute atomic E-state index is 13.7. The Morgan fingerprint density at radius 3 is 2.40 bits per heavy atom. The van der Waals surface area contributed by atoms with Crippen molar-refractivity contribution in [2.75, 3.05) is 15.9 Å². The van der Waals surface area contributed by atoms with Gasteiger partial charge < -0.3 is 5.32 Å². The van der Waals surface area contributed by atoms with E-state index >= 15 is 0 Å². The first-order valence-electron chi connectivity index (χ1n) is 7.73. The second-order valence-corrected chi connectivity index (χ2v) is 7.85. The molecule has 0 aliphatic rings. The molecular weight excluding hydrogens is 343 g/mol. The predicted molar refractivity (Wildman–Crippen MR) is 97.7 cm³/mol. The fourth-order valence-corrected chi connectivity index (χ4v) is 3.76. The lowest BCUT2D eigenvalue weighted by Crippen LogP contribution is -2.45. The molecule has 2 aromatic carbocycles. The minimum atomic E-state index is -3.73. The monoisotopic (exact) mass is 364 g/mol. The summed E-state index contributed by atoms with van der Waals surface area (Å²) < 4.78 is 39.5. The van der Waals surface area contributed by atoms with Crippen molar-refractivity contribution in [2.24, 2.45) is 0 Å². The van der Waals surface area contributed by atoms with Crippen LogP contribution < -0.4 is 9.62 Å². The van der Waals surface area contributed by atoms with Gasteiger partial charge in [0.15, 0.2) is 0 Å². The van der Waals surface area contributed by atoms with Crippen molar-refractivity contribution in [3.8, 4) is 0 Å². The first-order chi connectivity index (χ1) is 11.6. The lowest BCUT2D eigenvalue weighted by molar-refractivity contribution is -0.116. The van der Waals surface area contributed by atoms with Crippen LogP contribution in [-0.2, 0) is 14.8 Å². The summed E-state index contributed by atoms with van der Waals surface area (Å²) in [5.74, 6) is -1.20. The number of hydrogen-bond acceptors (Lipinski definition) is 3. The topological polar surface area (TPSA) is 66.5 Å². The molecule has 1 N–H and O–H groups in total. The van der Waals surface area contributed by atoms with E-state index in [0.29, 0.717) is 5.69 Å². The maximum Gasteiger partial charge on any atom is 0.248 e. The number of anilines is 2. The van der Waals surface area contributed by atoms with Gasteiger partial charge in [-0.25, -0.2) is 12.8 Å². The number of carbonyl (C=O) groups excluding carboxylic acids is 1. The summed E-state index contributed by atoms with van der Waals surface area (Å²) in [5, 5.41) is 2.45. The SMILES string of the molecule is Cc1ccc(C)c(N([C@H](C)C(=O)Nc2ccccc2F)S(C)(=O)=O)c1. The van der Waals surface area contributed by atoms with E-state index in [9.17, 15) is 17.6 Å². The van der Waals surface area contributed by atoms with Gasteiger partial charge in [0.25, 0.3) is 0 Å². The molecule has 0 radical (unpaired) electrons. The number of para-hydroxylation sites is 1. The van der Waals surface area contributed by atoms with E-state index in [0.717, 1.165) is 21.7 Å². The van der Waals surface area contributed by atoms with Gasteiger partial charge in [0, 0.05) is 0 Å². The predicted octanol–water partition coefficient (Wildman–Crippen LogP) is 3.24. The zero-order valence-electron chi connectivity index (χ0n) is 14.6. The van der Waals surface area contributed by atoms with E-state index in [2.05, 4.69) is 5.32 Å². The van der Waals surface area contributed by atoms with Crippen LogP contribution in [0.1, 0.15) is 18.1 Å². The molecule has 2 aromatic rings. The molecule has 0 aromatic heterocycles. The number of nitrogens with one attached hydrogen (secondary N) is 1. The molecule has 0 spiro atoms. The summed E-state index contributed by atoms with van der Waals surface area (Å²) >= 11 is 0. The second kappa shape index (κ2) is 7.23. The van der Waals surface area contributed by atoms with Gasteiger partial charge in [-0.1, -0.05) is 24.3 Å². The Morgan fingerprint density at radius 1 is 1.16 bits per heavy atom. The van der Waals surface area contributed by atoms with Crippen LogP contribution in [0.15, 0.2) is 42.5 Å². The third-order valence-electron chi connectivity index (χ3n) is 3.82. The minimum absolute atomic E-state index is 0.00812. The zero-order chi connectivity index (χ0) is 18.8. The lowest BCUT2D eigenvalue weighted by Gasteiger charge is -2.29. The molecular formula is C18H21FN2O3S. The van der Waals surface area contributed by atoms with Gasteiger partial charge in [-0.2, -0.15) is 0 Å². The highest BCUT2D eigenvalue weighted by molar-refractivity contribution is 7.92. The van der Waals surface area contributed by atoms with Crippen LogP contribution in [0, 0.1) is 19.7 Å². The fraction of sp³-hybridized carbons (Fsp3) is 0.278. The van der Waals surface area contributed by atoms with E-state index in [1.807, 2.05) is 13.0 Å². The Hall–Kier alpha value is -2.41. The van der Waals surface area contributed by atoms with Gasteiger partial charge in [0.1, 0.15) is 11.9 Å². The Kier molecular flexibility index (Phi) is 5.47. The van der Waals surface area contributed by atoms with E-state index in [1.54, 1.807) is 25.1 Å². The van der Waals surface area contributed by atoms with Crippen LogP contribution in [0.3, 0.4) is 0 Å². The quantitative estimate of drug-likeness (QED) is 0.886. The van der Waals surface area contributed by atoms with Crippen molar-refractivity contribution in [2.45, 2.75) is 26.8 Å². The summed E-state index contributed by atoms with van der Waals surface area (Å²) in [6, 6.07) is 10.1. The van der Waals surface area contributed by atoms with Crippen LogP contribution in [-0.4, -0.2) is 26.6 Å². The van der Waals surface area contributed by atoms with Crippen LogP contribution in [0.25, 0.3) is 0 Å². The molecule has 25 heavy (non-hydrogen) atoms. The molecule has 2 rings (SSSR count). The van der Waals surface area contributed by atoms with Gasteiger partial charge in [-0.05, 0) is 50.1 Å². The van der Waals surface area contributed by atoms with Crippen molar-refractivity contribution in [3.05, 3.63) is 59.4 Å². The van der Waals surface area contributed by atoms with Crippen LogP contribution >= 0.6 is 0 Å². The molecule has 1 atom stereocenters. The van der Waals surface area contributed by atoms with Crippen LogP contribution in [0.5, 0.6) is 0 Å². The number of hydrogen-bond donors (Lipinski definition) is 1. The molecule has 0 saturated carbocycles. The summed E-state index contributed by atoms with van der Waals surface area (Å²) in [6.45, 7) is 5.08. The Bertz CT molecular complexity index is 897. The lowest BCUT2D eigenvalue weighted by atomic mass is 10.1. The molecule has 0 aliphatic heterocycles. The largest absolute Gasteiger partial charge is 0.322 e. The van der Waals surface area contributed by atoms with Crippen molar-refractivity contribution in [1.29, 1.82) is 0 Å². The number of nitrogens with zero attached hydrogens (tertiary/aromatic N) is 1. The van der Waals surface area contributed by atoms with Crippen LogP contribution in [0.2, 0.25) is 0 Å². The number of carbonyl (C=O) groups is 1. The van der Waals surface area contributed by atoms with E-state index < -0.39 is 27.8 Å². The molecule has 1 amide bonds. The van der Waals surface area contributed by atoms with Crippen molar-refractivity contribution >= 4 is 27.3 Å². The molecule has 5 nitrogen and oxygen atoms in total. The molecule has 0 aliphatic carbocycles. The molecule has 134 valence electrons. The summed E-state index contributed by atoms with van der Waals surface area (Å²) in [5.41, 5.74) is 2.03. The minimum Gasteiger partial charge on any atom is -0.322 e. The number of rotatable bonds is 5. The van der Waals surface area contributed by atoms with Crippen molar-refractivity contribution < 1.29 is 17.6 Å². The first-order valence-corrected chi connectivity index (χ1v) is 9.58. The second-order valence-electron chi connectivity index (χ2n) is 5.99. The molecule has 7 heteroatoms. The highest BCUT2D eigenvalue weighted by Gasteiger charge is 2.30. The first kappa shape index (κ1) is 18.9. The van der Waals surface area contributed by atoms with Crippen molar-refractivity contribution in [1.82, 2.24) is 0 Å².